The Morgan fingerprint density at radius 2 is 1.03 bits per heavy atom. The van der Waals surface area contributed by atoms with E-state index < -0.39 is 0 Å². The van der Waals surface area contributed by atoms with Gasteiger partial charge in [-0.25, -0.2) is 15.0 Å². The number of rotatable bonds is 4. The third-order valence-electron chi connectivity index (χ3n) is 6.40. The van der Waals surface area contributed by atoms with Crippen LogP contribution in [0.25, 0.3) is 67.4 Å². The molecule has 0 aliphatic rings. The molecule has 174 valence electrons. The highest BCUT2D eigenvalue weighted by atomic mass is 16.3. The van der Waals surface area contributed by atoms with E-state index >= 15 is 0 Å². The molecule has 0 N–H and O–H groups in total. The number of benzene rings is 4. The molecule has 0 unspecified atom stereocenters. The summed E-state index contributed by atoms with van der Waals surface area (Å²) in [7, 11) is 0. The van der Waals surface area contributed by atoms with Gasteiger partial charge < -0.3 is 4.42 Å². The average molecular weight is 477 g/mol. The Hall–Kier alpha value is -5.16. The fraction of sp³-hybridized carbons (Fsp3) is 0. The molecule has 0 spiro atoms. The quantitative estimate of drug-likeness (QED) is 0.259. The Bertz CT molecular complexity index is 1810. The summed E-state index contributed by atoms with van der Waals surface area (Å²) in [5, 5.41) is 0.888. The zero-order valence-corrected chi connectivity index (χ0v) is 19.7. The van der Waals surface area contributed by atoms with E-state index in [1.807, 2.05) is 109 Å². The average Bonchev–Trinajstić information content (AvgIpc) is 3.37. The molecule has 0 radical (unpaired) electrons. The Labute approximate surface area is 213 Å². The predicted molar refractivity (Wildman–Crippen MR) is 147 cm³/mol. The van der Waals surface area contributed by atoms with Crippen molar-refractivity contribution in [2.45, 2.75) is 0 Å². The van der Waals surface area contributed by atoms with Gasteiger partial charge in [0.05, 0.1) is 5.39 Å². The van der Waals surface area contributed by atoms with Crippen LogP contribution in [0.1, 0.15) is 0 Å². The number of pyridine rings is 1. The molecule has 0 bridgehead atoms. The molecule has 0 saturated heterocycles. The molecule has 0 aliphatic heterocycles. The number of nitrogens with zero attached hydrogens (tertiary/aromatic N) is 4. The third kappa shape index (κ3) is 3.74. The highest BCUT2D eigenvalue weighted by molar-refractivity contribution is 6.12. The number of aromatic nitrogens is 4. The Morgan fingerprint density at radius 3 is 1.65 bits per heavy atom. The Balaban J connectivity index is 1.50. The van der Waals surface area contributed by atoms with E-state index in [1.165, 1.54) is 0 Å². The smallest absolute Gasteiger partial charge is 0.164 e. The summed E-state index contributed by atoms with van der Waals surface area (Å²) in [4.78, 5) is 19.4. The van der Waals surface area contributed by atoms with Crippen LogP contribution in [0.3, 0.4) is 0 Å². The van der Waals surface area contributed by atoms with Crippen LogP contribution < -0.4 is 0 Å². The molecule has 0 fully saturated rings. The highest BCUT2D eigenvalue weighted by Crippen LogP contribution is 2.39. The van der Waals surface area contributed by atoms with Crippen molar-refractivity contribution in [3.05, 3.63) is 121 Å². The maximum absolute atomic E-state index is 6.40. The van der Waals surface area contributed by atoms with E-state index in [0.717, 1.165) is 49.9 Å². The molecular formula is C32H20N4O. The van der Waals surface area contributed by atoms with Gasteiger partial charge in [0.1, 0.15) is 11.1 Å². The summed E-state index contributed by atoms with van der Waals surface area (Å²) in [6.07, 6.45) is 1.83. The van der Waals surface area contributed by atoms with Crippen molar-refractivity contribution in [3.63, 3.8) is 0 Å². The SMILES string of the molecule is c1ccc(-c2nc(-c3ccccc3)nc(-c3cccc4oc5c(-c6ccccc6)ccnc5c34)n2)cc1. The molecule has 0 amide bonds. The van der Waals surface area contributed by atoms with E-state index in [2.05, 4.69) is 12.1 Å². The Morgan fingerprint density at radius 1 is 0.459 bits per heavy atom. The second kappa shape index (κ2) is 8.81. The van der Waals surface area contributed by atoms with Crippen molar-refractivity contribution in [1.29, 1.82) is 0 Å². The lowest BCUT2D eigenvalue weighted by Crippen LogP contribution is -2.00. The van der Waals surface area contributed by atoms with Gasteiger partial charge in [0.2, 0.25) is 0 Å². The molecule has 7 aromatic rings. The lowest BCUT2D eigenvalue weighted by molar-refractivity contribution is 0.669. The van der Waals surface area contributed by atoms with E-state index in [0.29, 0.717) is 17.5 Å². The third-order valence-corrected chi connectivity index (χ3v) is 6.40. The van der Waals surface area contributed by atoms with Gasteiger partial charge in [-0.15, -0.1) is 0 Å². The first-order valence-corrected chi connectivity index (χ1v) is 12.1. The molecule has 5 nitrogen and oxygen atoms in total. The summed E-state index contributed by atoms with van der Waals surface area (Å²) in [6, 6.07) is 38.1. The topological polar surface area (TPSA) is 64.7 Å². The fourth-order valence-electron chi connectivity index (χ4n) is 4.66. The van der Waals surface area contributed by atoms with Crippen molar-refractivity contribution in [2.24, 2.45) is 0 Å². The van der Waals surface area contributed by atoms with Gasteiger partial charge in [-0.05, 0) is 17.7 Å². The van der Waals surface area contributed by atoms with Gasteiger partial charge in [0.25, 0.3) is 0 Å². The summed E-state index contributed by atoms with van der Waals surface area (Å²) in [6.45, 7) is 0. The van der Waals surface area contributed by atoms with Crippen molar-refractivity contribution < 1.29 is 4.42 Å². The minimum atomic E-state index is 0.577. The van der Waals surface area contributed by atoms with Crippen LogP contribution in [-0.4, -0.2) is 19.9 Å². The van der Waals surface area contributed by atoms with Gasteiger partial charge >= 0.3 is 0 Å². The van der Waals surface area contributed by atoms with Gasteiger partial charge in [0.15, 0.2) is 23.1 Å². The minimum absolute atomic E-state index is 0.577. The molecular weight excluding hydrogens is 456 g/mol. The van der Waals surface area contributed by atoms with Crippen molar-refractivity contribution in [3.8, 4) is 45.3 Å². The minimum Gasteiger partial charge on any atom is -0.454 e. The maximum atomic E-state index is 6.40. The molecule has 7 rings (SSSR count). The molecule has 4 aromatic carbocycles. The number of furan rings is 1. The molecule has 0 saturated carbocycles. The molecule has 3 heterocycles. The van der Waals surface area contributed by atoms with Crippen molar-refractivity contribution in [1.82, 2.24) is 19.9 Å². The number of hydrogen-bond donors (Lipinski definition) is 0. The molecule has 37 heavy (non-hydrogen) atoms. The standard InChI is InChI=1S/C32H20N4O/c1-4-11-21(12-5-1)24-19-20-33-28-27-25(17-10-18-26(27)37-29(24)28)32-35-30(22-13-6-2-7-14-22)34-31(36-32)23-15-8-3-9-16-23/h1-20H. The van der Waals surface area contributed by atoms with Crippen LogP contribution in [0.5, 0.6) is 0 Å². The Kier molecular flexibility index (Phi) is 5.03. The lowest BCUT2D eigenvalue weighted by Gasteiger charge is -2.09. The zero-order valence-electron chi connectivity index (χ0n) is 19.7. The van der Waals surface area contributed by atoms with E-state index in [4.69, 9.17) is 24.4 Å². The normalized spacial score (nSPS) is 11.2. The van der Waals surface area contributed by atoms with Crippen LogP contribution in [0.4, 0.5) is 0 Å². The summed E-state index contributed by atoms with van der Waals surface area (Å²) in [5.41, 5.74) is 7.06. The molecule has 0 atom stereocenters. The summed E-state index contributed by atoms with van der Waals surface area (Å²) >= 11 is 0. The van der Waals surface area contributed by atoms with Crippen LogP contribution >= 0.6 is 0 Å². The van der Waals surface area contributed by atoms with Crippen LogP contribution in [0.15, 0.2) is 126 Å². The van der Waals surface area contributed by atoms with Gasteiger partial charge in [0, 0.05) is 28.5 Å². The summed E-state index contributed by atoms with van der Waals surface area (Å²) < 4.78 is 6.40. The van der Waals surface area contributed by atoms with E-state index in [1.54, 1.807) is 0 Å². The van der Waals surface area contributed by atoms with E-state index in [9.17, 15) is 0 Å². The number of hydrogen-bond acceptors (Lipinski definition) is 5. The van der Waals surface area contributed by atoms with Gasteiger partial charge in [-0.2, -0.15) is 0 Å². The lowest BCUT2D eigenvalue weighted by atomic mass is 10.0. The zero-order chi connectivity index (χ0) is 24.6. The second-order valence-corrected chi connectivity index (χ2v) is 8.72. The fourth-order valence-corrected chi connectivity index (χ4v) is 4.66. The maximum Gasteiger partial charge on any atom is 0.164 e. The van der Waals surface area contributed by atoms with E-state index in [-0.39, 0.29) is 0 Å². The number of fused-ring (bicyclic) bond motifs is 3. The van der Waals surface area contributed by atoms with Gasteiger partial charge in [-0.1, -0.05) is 103 Å². The summed E-state index contributed by atoms with van der Waals surface area (Å²) in [5.74, 6) is 1.81. The second-order valence-electron chi connectivity index (χ2n) is 8.72. The first kappa shape index (κ1) is 21.1. The largest absolute Gasteiger partial charge is 0.454 e. The first-order valence-electron chi connectivity index (χ1n) is 12.1. The van der Waals surface area contributed by atoms with Crippen LogP contribution in [0.2, 0.25) is 0 Å². The van der Waals surface area contributed by atoms with Crippen LogP contribution in [0, 0.1) is 0 Å². The molecule has 0 aliphatic carbocycles. The van der Waals surface area contributed by atoms with Crippen molar-refractivity contribution in [2.75, 3.05) is 0 Å². The van der Waals surface area contributed by atoms with Gasteiger partial charge in [-0.3, -0.25) is 4.98 Å². The van der Waals surface area contributed by atoms with Crippen LogP contribution in [-0.2, 0) is 0 Å². The first-order chi connectivity index (χ1) is 18.3. The molecule has 5 heteroatoms. The monoisotopic (exact) mass is 476 g/mol. The predicted octanol–water partition coefficient (Wildman–Crippen LogP) is 7.83. The molecule has 3 aromatic heterocycles. The highest BCUT2D eigenvalue weighted by Gasteiger charge is 2.20. The van der Waals surface area contributed by atoms with Crippen molar-refractivity contribution >= 4 is 22.1 Å².